The van der Waals surface area contributed by atoms with Gasteiger partial charge in [-0.3, -0.25) is 4.72 Å². The van der Waals surface area contributed by atoms with Crippen LogP contribution in [0.3, 0.4) is 0 Å². The van der Waals surface area contributed by atoms with Gasteiger partial charge in [-0.15, -0.1) is 0 Å². The molecule has 0 aliphatic carbocycles. The fraction of sp³-hybridized carbons (Fsp3) is 0.154. The van der Waals surface area contributed by atoms with Crippen molar-refractivity contribution in [1.82, 2.24) is 4.98 Å². The highest BCUT2D eigenvalue weighted by Crippen LogP contribution is 2.27. The minimum absolute atomic E-state index is 0.111. The van der Waals surface area contributed by atoms with Gasteiger partial charge in [-0.25, -0.2) is 13.4 Å². The van der Waals surface area contributed by atoms with Gasteiger partial charge in [0.2, 0.25) is 0 Å². The van der Waals surface area contributed by atoms with Crippen molar-refractivity contribution in [1.29, 1.82) is 0 Å². The van der Waals surface area contributed by atoms with E-state index in [1.165, 1.54) is 6.20 Å². The molecule has 0 saturated heterocycles. The number of benzene rings is 1. The van der Waals surface area contributed by atoms with Gasteiger partial charge in [0.1, 0.15) is 9.50 Å². The average Bonchev–Trinajstić information content (AvgIpc) is 2.37. The topological polar surface area (TPSA) is 85.1 Å². The smallest absolute Gasteiger partial charge is 0.264 e. The van der Waals surface area contributed by atoms with Crippen LogP contribution in [0, 0.1) is 13.8 Å². The van der Waals surface area contributed by atoms with Crippen molar-refractivity contribution < 1.29 is 8.42 Å². The molecule has 0 atom stereocenters. The summed E-state index contributed by atoms with van der Waals surface area (Å²) < 4.78 is 28.0. The van der Waals surface area contributed by atoms with Gasteiger partial charge < -0.3 is 5.73 Å². The Kier molecular flexibility index (Phi) is 4.01. The Morgan fingerprint density at radius 1 is 1.20 bits per heavy atom. The van der Waals surface area contributed by atoms with E-state index in [-0.39, 0.29) is 10.6 Å². The molecule has 0 unspecified atom stereocenters. The number of rotatable bonds is 3. The maximum atomic E-state index is 12.4. The summed E-state index contributed by atoms with van der Waals surface area (Å²) >= 11 is 3.19. The van der Waals surface area contributed by atoms with Crippen molar-refractivity contribution in [2.24, 2.45) is 0 Å². The molecule has 0 aliphatic heterocycles. The quantitative estimate of drug-likeness (QED) is 0.654. The lowest BCUT2D eigenvalue weighted by molar-refractivity contribution is 0.601. The van der Waals surface area contributed by atoms with Crippen molar-refractivity contribution in [2.75, 3.05) is 10.5 Å². The van der Waals surface area contributed by atoms with Crippen LogP contribution in [0.2, 0.25) is 0 Å². The van der Waals surface area contributed by atoms with Gasteiger partial charge in [-0.05, 0) is 59.1 Å². The van der Waals surface area contributed by atoms with Crippen molar-refractivity contribution in [2.45, 2.75) is 18.7 Å². The zero-order valence-electron chi connectivity index (χ0n) is 11.0. The Bertz CT molecular complexity index is 743. The number of nitrogens with zero attached hydrogens (tertiary/aromatic N) is 1. The molecule has 3 N–H and O–H groups in total. The Morgan fingerprint density at radius 3 is 2.50 bits per heavy atom. The molecule has 2 aromatic rings. The summed E-state index contributed by atoms with van der Waals surface area (Å²) in [5.74, 6) is 0. The molecule has 0 aliphatic rings. The minimum Gasteiger partial charge on any atom is -0.398 e. The van der Waals surface area contributed by atoms with Crippen LogP contribution < -0.4 is 10.5 Å². The third-order valence-corrected chi connectivity index (χ3v) is 5.01. The molecular weight excluding hydrogens is 342 g/mol. The highest BCUT2D eigenvalue weighted by Gasteiger charge is 2.21. The molecule has 7 heteroatoms. The number of nitrogen functional groups attached to an aromatic ring is 1. The van der Waals surface area contributed by atoms with E-state index >= 15 is 0 Å². The molecular formula is C13H14BrN3O2S. The lowest BCUT2D eigenvalue weighted by atomic mass is 10.1. The van der Waals surface area contributed by atoms with Crippen LogP contribution in [0.5, 0.6) is 0 Å². The van der Waals surface area contributed by atoms with Crippen LogP contribution in [0.1, 0.15) is 11.1 Å². The summed E-state index contributed by atoms with van der Waals surface area (Å²) in [6, 6.07) is 6.67. The fourth-order valence-corrected chi connectivity index (χ4v) is 3.52. The number of nitrogens with two attached hydrogens (primary N) is 1. The number of aryl methyl sites for hydroxylation is 1. The van der Waals surface area contributed by atoms with E-state index in [1.807, 2.05) is 6.92 Å². The molecule has 0 radical (unpaired) electrons. The maximum Gasteiger partial charge on any atom is 0.264 e. The number of sulfonamides is 1. The number of anilines is 2. The van der Waals surface area contributed by atoms with E-state index in [1.54, 1.807) is 31.2 Å². The van der Waals surface area contributed by atoms with Crippen LogP contribution in [0.25, 0.3) is 0 Å². The molecule has 2 rings (SSSR count). The van der Waals surface area contributed by atoms with Gasteiger partial charge in [0.15, 0.2) is 0 Å². The maximum absolute atomic E-state index is 12.4. The molecule has 1 aromatic carbocycles. The van der Waals surface area contributed by atoms with Crippen LogP contribution >= 0.6 is 15.9 Å². The average molecular weight is 356 g/mol. The largest absolute Gasteiger partial charge is 0.398 e. The fourth-order valence-electron chi connectivity index (χ4n) is 1.81. The van der Waals surface area contributed by atoms with E-state index < -0.39 is 10.0 Å². The van der Waals surface area contributed by atoms with Crippen LogP contribution in [-0.4, -0.2) is 13.4 Å². The number of pyridine rings is 1. The summed E-state index contributed by atoms with van der Waals surface area (Å²) in [7, 11) is -3.74. The standard InChI is InChI=1S/C13H14BrN3O2S/c1-8-3-5-11(15)13(9(8)2)20(18,19)17-10-4-6-12(14)16-7-10/h3-7,17H,15H2,1-2H3. The molecule has 0 fully saturated rings. The minimum atomic E-state index is -3.74. The molecule has 0 spiro atoms. The molecule has 20 heavy (non-hydrogen) atoms. The Labute approximate surface area is 126 Å². The second kappa shape index (κ2) is 5.41. The first kappa shape index (κ1) is 14.8. The van der Waals surface area contributed by atoms with E-state index in [4.69, 9.17) is 5.73 Å². The lowest BCUT2D eigenvalue weighted by Crippen LogP contribution is -2.16. The van der Waals surface area contributed by atoms with Crippen LogP contribution in [0.15, 0.2) is 40.0 Å². The summed E-state index contributed by atoms with van der Waals surface area (Å²) in [6.45, 7) is 3.58. The monoisotopic (exact) mass is 355 g/mol. The van der Waals surface area contributed by atoms with Crippen molar-refractivity contribution in [3.05, 3.63) is 46.2 Å². The number of hydrogen-bond acceptors (Lipinski definition) is 4. The molecule has 1 heterocycles. The molecule has 5 nitrogen and oxygen atoms in total. The molecule has 0 amide bonds. The van der Waals surface area contributed by atoms with Gasteiger partial charge in [0, 0.05) is 0 Å². The first-order valence-electron chi connectivity index (χ1n) is 5.81. The first-order chi connectivity index (χ1) is 9.31. The Hall–Kier alpha value is -1.60. The molecule has 1 aromatic heterocycles. The zero-order valence-corrected chi connectivity index (χ0v) is 13.4. The van der Waals surface area contributed by atoms with Crippen molar-refractivity contribution in [3.63, 3.8) is 0 Å². The molecule has 106 valence electrons. The lowest BCUT2D eigenvalue weighted by Gasteiger charge is -2.14. The van der Waals surface area contributed by atoms with Gasteiger partial charge in [0.25, 0.3) is 10.0 Å². The number of halogens is 1. The second-order valence-electron chi connectivity index (χ2n) is 4.40. The summed E-state index contributed by atoms with van der Waals surface area (Å²) in [5, 5.41) is 0. The first-order valence-corrected chi connectivity index (χ1v) is 8.09. The number of hydrogen-bond donors (Lipinski definition) is 2. The highest BCUT2D eigenvalue weighted by atomic mass is 79.9. The highest BCUT2D eigenvalue weighted by molar-refractivity contribution is 9.10. The number of nitrogens with one attached hydrogen (secondary N) is 1. The van der Waals surface area contributed by atoms with Gasteiger partial charge in [0.05, 0.1) is 17.6 Å². The second-order valence-corrected chi connectivity index (χ2v) is 6.83. The van der Waals surface area contributed by atoms with Gasteiger partial charge >= 0.3 is 0 Å². The predicted molar refractivity (Wildman–Crippen MR) is 83.1 cm³/mol. The van der Waals surface area contributed by atoms with E-state index in [2.05, 4.69) is 25.6 Å². The SMILES string of the molecule is Cc1ccc(N)c(S(=O)(=O)Nc2ccc(Br)nc2)c1C. The zero-order chi connectivity index (χ0) is 14.9. The van der Waals surface area contributed by atoms with E-state index in [9.17, 15) is 8.42 Å². The summed E-state index contributed by atoms with van der Waals surface area (Å²) in [5.41, 5.74) is 7.93. The van der Waals surface area contributed by atoms with Crippen LogP contribution in [0.4, 0.5) is 11.4 Å². The predicted octanol–water partition coefficient (Wildman–Crippen LogP) is 2.84. The third kappa shape index (κ3) is 2.94. The molecule has 0 bridgehead atoms. The van der Waals surface area contributed by atoms with Gasteiger partial charge in [-0.2, -0.15) is 0 Å². The Morgan fingerprint density at radius 2 is 1.90 bits per heavy atom. The summed E-state index contributed by atoms with van der Waals surface area (Å²) in [4.78, 5) is 4.09. The van der Waals surface area contributed by atoms with Crippen molar-refractivity contribution in [3.8, 4) is 0 Å². The summed E-state index contributed by atoms with van der Waals surface area (Å²) in [6.07, 6.45) is 1.43. The Balaban J connectivity index is 2.46. The normalized spacial score (nSPS) is 11.3. The van der Waals surface area contributed by atoms with Crippen molar-refractivity contribution >= 4 is 37.3 Å². The molecule has 0 saturated carbocycles. The number of aromatic nitrogens is 1. The van der Waals surface area contributed by atoms with Gasteiger partial charge in [-0.1, -0.05) is 6.07 Å². The van der Waals surface area contributed by atoms with E-state index in [0.717, 1.165) is 5.56 Å². The van der Waals surface area contributed by atoms with E-state index in [0.29, 0.717) is 15.9 Å². The van der Waals surface area contributed by atoms with Crippen LogP contribution in [-0.2, 0) is 10.0 Å². The third-order valence-electron chi connectivity index (χ3n) is 2.96.